The molecule has 0 heterocycles. The minimum atomic E-state index is 0.131. The van der Waals surface area contributed by atoms with Gasteiger partial charge in [0.25, 0.3) is 0 Å². The first-order chi connectivity index (χ1) is 6.08. The van der Waals surface area contributed by atoms with Crippen LogP contribution in [0, 0.1) is 5.92 Å². The van der Waals surface area contributed by atoms with E-state index in [4.69, 9.17) is 16.3 Å². The second-order valence-electron chi connectivity index (χ2n) is 3.35. The standard InChI is InChI=1S/C10H13ClO2/c1-7(2)6-13-10-4-8(11)3-9(12)5-10/h3-5,7,12H,6H2,1-2H3. The summed E-state index contributed by atoms with van der Waals surface area (Å²) < 4.78 is 5.38. The zero-order valence-electron chi connectivity index (χ0n) is 7.75. The molecule has 0 saturated heterocycles. The predicted octanol–water partition coefficient (Wildman–Crippen LogP) is 3.08. The van der Waals surface area contributed by atoms with Crippen molar-refractivity contribution in [2.24, 2.45) is 5.92 Å². The van der Waals surface area contributed by atoms with Gasteiger partial charge in [0.05, 0.1) is 6.61 Å². The van der Waals surface area contributed by atoms with Crippen molar-refractivity contribution in [2.75, 3.05) is 6.61 Å². The van der Waals surface area contributed by atoms with Crippen molar-refractivity contribution < 1.29 is 9.84 Å². The number of benzene rings is 1. The van der Waals surface area contributed by atoms with Crippen LogP contribution in [0.3, 0.4) is 0 Å². The molecule has 1 aromatic rings. The Morgan fingerprint density at radius 2 is 2.08 bits per heavy atom. The SMILES string of the molecule is CC(C)COc1cc(O)cc(Cl)c1. The van der Waals surface area contributed by atoms with E-state index >= 15 is 0 Å². The van der Waals surface area contributed by atoms with Crippen molar-refractivity contribution in [3.05, 3.63) is 23.2 Å². The van der Waals surface area contributed by atoms with E-state index in [0.717, 1.165) is 0 Å². The van der Waals surface area contributed by atoms with Crippen LogP contribution in [-0.4, -0.2) is 11.7 Å². The van der Waals surface area contributed by atoms with E-state index in [1.807, 2.05) is 0 Å². The maximum atomic E-state index is 9.19. The van der Waals surface area contributed by atoms with Gasteiger partial charge in [-0.2, -0.15) is 0 Å². The van der Waals surface area contributed by atoms with E-state index in [2.05, 4.69) is 13.8 Å². The van der Waals surface area contributed by atoms with Crippen LogP contribution in [0.25, 0.3) is 0 Å². The summed E-state index contributed by atoms with van der Waals surface area (Å²) in [6.45, 7) is 4.74. The Morgan fingerprint density at radius 1 is 1.38 bits per heavy atom. The van der Waals surface area contributed by atoms with Gasteiger partial charge in [-0.15, -0.1) is 0 Å². The Bertz CT molecular complexity index is 264. The predicted molar refractivity (Wildman–Crippen MR) is 53.4 cm³/mol. The largest absolute Gasteiger partial charge is 0.508 e. The third-order valence-electron chi connectivity index (χ3n) is 1.44. The molecule has 0 spiro atoms. The maximum absolute atomic E-state index is 9.19. The van der Waals surface area contributed by atoms with Gasteiger partial charge in [-0.05, 0) is 18.1 Å². The monoisotopic (exact) mass is 200 g/mol. The minimum absolute atomic E-state index is 0.131. The van der Waals surface area contributed by atoms with Crippen molar-refractivity contribution in [1.82, 2.24) is 0 Å². The number of aromatic hydroxyl groups is 1. The van der Waals surface area contributed by atoms with Gasteiger partial charge in [0.15, 0.2) is 0 Å². The van der Waals surface area contributed by atoms with Crippen LogP contribution in [0.2, 0.25) is 5.02 Å². The van der Waals surface area contributed by atoms with Crippen molar-refractivity contribution in [1.29, 1.82) is 0 Å². The fourth-order valence-electron chi connectivity index (χ4n) is 0.894. The molecule has 0 amide bonds. The highest BCUT2D eigenvalue weighted by Crippen LogP contribution is 2.25. The smallest absolute Gasteiger partial charge is 0.124 e. The summed E-state index contributed by atoms with van der Waals surface area (Å²) in [5.41, 5.74) is 0. The number of rotatable bonds is 3. The van der Waals surface area contributed by atoms with Crippen LogP contribution in [0.4, 0.5) is 0 Å². The number of halogens is 1. The third kappa shape index (κ3) is 3.55. The van der Waals surface area contributed by atoms with Gasteiger partial charge in [0, 0.05) is 11.1 Å². The highest BCUT2D eigenvalue weighted by molar-refractivity contribution is 6.30. The molecule has 0 bridgehead atoms. The molecular formula is C10H13ClO2. The highest BCUT2D eigenvalue weighted by atomic mass is 35.5. The van der Waals surface area contributed by atoms with Crippen LogP contribution in [0.5, 0.6) is 11.5 Å². The second kappa shape index (κ2) is 4.38. The van der Waals surface area contributed by atoms with Crippen molar-refractivity contribution in [3.8, 4) is 11.5 Å². The molecule has 0 fully saturated rings. The minimum Gasteiger partial charge on any atom is -0.508 e. The summed E-state index contributed by atoms with van der Waals surface area (Å²) in [4.78, 5) is 0. The van der Waals surface area contributed by atoms with E-state index in [-0.39, 0.29) is 5.75 Å². The van der Waals surface area contributed by atoms with Crippen LogP contribution in [0.1, 0.15) is 13.8 Å². The summed E-state index contributed by atoms with van der Waals surface area (Å²) in [6, 6.07) is 4.71. The summed E-state index contributed by atoms with van der Waals surface area (Å²) in [5, 5.41) is 9.68. The third-order valence-corrected chi connectivity index (χ3v) is 1.66. The number of phenols is 1. The van der Waals surface area contributed by atoms with Gasteiger partial charge in [0.2, 0.25) is 0 Å². The van der Waals surface area contributed by atoms with Gasteiger partial charge >= 0.3 is 0 Å². The zero-order chi connectivity index (χ0) is 9.84. The molecule has 13 heavy (non-hydrogen) atoms. The number of ether oxygens (including phenoxy) is 1. The first-order valence-electron chi connectivity index (χ1n) is 4.20. The van der Waals surface area contributed by atoms with E-state index < -0.39 is 0 Å². The number of phenolic OH excluding ortho intramolecular Hbond substituents is 1. The Balaban J connectivity index is 2.66. The zero-order valence-corrected chi connectivity index (χ0v) is 8.51. The lowest BCUT2D eigenvalue weighted by atomic mass is 10.2. The Hall–Kier alpha value is -0.890. The lowest BCUT2D eigenvalue weighted by molar-refractivity contribution is 0.270. The van der Waals surface area contributed by atoms with E-state index in [0.29, 0.717) is 23.3 Å². The fraction of sp³-hybridized carbons (Fsp3) is 0.400. The van der Waals surface area contributed by atoms with Crippen LogP contribution in [-0.2, 0) is 0 Å². The molecule has 1 N–H and O–H groups in total. The second-order valence-corrected chi connectivity index (χ2v) is 3.79. The fourth-order valence-corrected chi connectivity index (χ4v) is 1.11. The number of hydrogen-bond donors (Lipinski definition) is 1. The normalized spacial score (nSPS) is 10.5. The average molecular weight is 201 g/mol. The lowest BCUT2D eigenvalue weighted by Crippen LogP contribution is -2.04. The summed E-state index contributed by atoms with van der Waals surface area (Å²) in [5.74, 6) is 1.20. The molecular weight excluding hydrogens is 188 g/mol. The molecule has 0 atom stereocenters. The summed E-state index contributed by atoms with van der Waals surface area (Å²) in [7, 11) is 0. The Labute approximate surface area is 83.1 Å². The van der Waals surface area contributed by atoms with Crippen LogP contribution < -0.4 is 4.74 Å². The Morgan fingerprint density at radius 3 is 2.62 bits per heavy atom. The quantitative estimate of drug-likeness (QED) is 0.813. The van der Waals surface area contributed by atoms with Gasteiger partial charge in [-0.1, -0.05) is 25.4 Å². The highest BCUT2D eigenvalue weighted by Gasteiger charge is 2.00. The van der Waals surface area contributed by atoms with E-state index in [9.17, 15) is 5.11 Å². The Kier molecular flexibility index (Phi) is 3.43. The molecule has 1 rings (SSSR count). The van der Waals surface area contributed by atoms with Gasteiger partial charge in [-0.25, -0.2) is 0 Å². The molecule has 72 valence electrons. The molecule has 0 aromatic heterocycles. The molecule has 0 aliphatic carbocycles. The van der Waals surface area contributed by atoms with Crippen molar-refractivity contribution >= 4 is 11.6 Å². The number of hydrogen-bond acceptors (Lipinski definition) is 2. The van der Waals surface area contributed by atoms with E-state index in [1.165, 1.54) is 6.07 Å². The molecule has 0 unspecified atom stereocenters. The van der Waals surface area contributed by atoms with E-state index in [1.54, 1.807) is 12.1 Å². The first-order valence-corrected chi connectivity index (χ1v) is 4.58. The van der Waals surface area contributed by atoms with Crippen LogP contribution >= 0.6 is 11.6 Å². The molecule has 2 nitrogen and oxygen atoms in total. The molecule has 0 aliphatic rings. The van der Waals surface area contributed by atoms with Crippen LogP contribution in [0.15, 0.2) is 18.2 Å². The molecule has 0 radical (unpaired) electrons. The van der Waals surface area contributed by atoms with Crippen molar-refractivity contribution in [3.63, 3.8) is 0 Å². The van der Waals surface area contributed by atoms with Crippen molar-refractivity contribution in [2.45, 2.75) is 13.8 Å². The molecule has 0 aliphatic heterocycles. The lowest BCUT2D eigenvalue weighted by Gasteiger charge is -2.08. The summed E-state index contributed by atoms with van der Waals surface area (Å²) >= 11 is 5.73. The van der Waals surface area contributed by atoms with Gasteiger partial charge in [0.1, 0.15) is 11.5 Å². The topological polar surface area (TPSA) is 29.5 Å². The van der Waals surface area contributed by atoms with Gasteiger partial charge in [-0.3, -0.25) is 0 Å². The maximum Gasteiger partial charge on any atom is 0.124 e. The average Bonchev–Trinajstić information content (AvgIpc) is 1.99. The van der Waals surface area contributed by atoms with Gasteiger partial charge < -0.3 is 9.84 Å². The molecule has 3 heteroatoms. The molecule has 0 saturated carbocycles. The molecule has 1 aromatic carbocycles. The first kappa shape index (κ1) is 10.2. The summed E-state index contributed by atoms with van der Waals surface area (Å²) in [6.07, 6.45) is 0.